The Bertz CT molecular complexity index is 1020. The molecular formula is C22H24N4O2S. The van der Waals surface area contributed by atoms with Crippen LogP contribution in [0.2, 0.25) is 0 Å². The molecule has 0 radical (unpaired) electrons. The minimum Gasteiger partial charge on any atom is -0.497 e. The van der Waals surface area contributed by atoms with E-state index in [4.69, 9.17) is 17.0 Å². The van der Waals surface area contributed by atoms with Gasteiger partial charge in [-0.1, -0.05) is 30.3 Å². The van der Waals surface area contributed by atoms with E-state index in [0.29, 0.717) is 23.6 Å². The molecule has 1 fully saturated rings. The predicted molar refractivity (Wildman–Crippen MR) is 115 cm³/mol. The Morgan fingerprint density at radius 2 is 1.72 bits per heavy atom. The summed E-state index contributed by atoms with van der Waals surface area (Å²) in [4.78, 5) is 20.4. The Hall–Kier alpha value is -2.90. The van der Waals surface area contributed by atoms with Gasteiger partial charge in [-0.05, 0) is 42.0 Å². The Balaban J connectivity index is 1.41. The molecule has 1 aliphatic heterocycles. The van der Waals surface area contributed by atoms with E-state index in [0.717, 1.165) is 31.1 Å². The summed E-state index contributed by atoms with van der Waals surface area (Å²) in [7, 11) is 1.67. The molecule has 4 rings (SSSR count). The summed E-state index contributed by atoms with van der Waals surface area (Å²) in [5.41, 5.74) is 2.71. The van der Waals surface area contributed by atoms with E-state index in [1.54, 1.807) is 17.9 Å². The van der Waals surface area contributed by atoms with E-state index in [2.05, 4.69) is 22.0 Å². The zero-order valence-electron chi connectivity index (χ0n) is 16.4. The van der Waals surface area contributed by atoms with E-state index in [9.17, 15) is 4.79 Å². The molecular weight excluding hydrogens is 384 g/mol. The number of imidazole rings is 1. The molecule has 0 unspecified atom stereocenters. The molecule has 1 aliphatic rings. The van der Waals surface area contributed by atoms with Crippen LogP contribution in [0.4, 0.5) is 0 Å². The summed E-state index contributed by atoms with van der Waals surface area (Å²) in [5.74, 6) is 0.869. The standard InChI is InChI=1S/C22H24N4O2S/c1-28-19-9-7-17(8-10-19)16-24-11-13-25(14-12-24)21(27)20-15-23-22(29)26(20)18-5-3-2-4-6-18/h2-10,15H,11-14,16H2,1H3,(H,23,29). The molecule has 1 saturated heterocycles. The van der Waals surface area contributed by atoms with Crippen LogP contribution < -0.4 is 4.74 Å². The number of carbonyl (C=O) groups excluding carboxylic acids is 1. The molecule has 1 amide bonds. The Morgan fingerprint density at radius 1 is 1.03 bits per heavy atom. The van der Waals surface area contributed by atoms with Crippen molar-refractivity contribution in [3.63, 3.8) is 0 Å². The fourth-order valence-electron chi connectivity index (χ4n) is 3.62. The van der Waals surface area contributed by atoms with E-state index >= 15 is 0 Å². The lowest BCUT2D eigenvalue weighted by Gasteiger charge is -2.34. The minimum absolute atomic E-state index is 0.00491. The lowest BCUT2D eigenvalue weighted by Crippen LogP contribution is -2.48. The highest BCUT2D eigenvalue weighted by atomic mass is 32.1. The first-order chi connectivity index (χ1) is 14.2. The molecule has 2 heterocycles. The van der Waals surface area contributed by atoms with Gasteiger partial charge in [0.15, 0.2) is 4.77 Å². The van der Waals surface area contributed by atoms with E-state index in [1.807, 2.05) is 47.4 Å². The maximum absolute atomic E-state index is 13.1. The number of carbonyl (C=O) groups is 1. The molecule has 29 heavy (non-hydrogen) atoms. The van der Waals surface area contributed by atoms with Crippen molar-refractivity contribution in [1.82, 2.24) is 19.4 Å². The summed E-state index contributed by atoms with van der Waals surface area (Å²) >= 11 is 5.40. The number of rotatable bonds is 5. The Morgan fingerprint density at radius 3 is 2.38 bits per heavy atom. The number of para-hydroxylation sites is 1. The van der Waals surface area contributed by atoms with Gasteiger partial charge < -0.3 is 14.6 Å². The summed E-state index contributed by atoms with van der Waals surface area (Å²) in [6.45, 7) is 3.95. The van der Waals surface area contributed by atoms with Gasteiger partial charge in [-0.25, -0.2) is 0 Å². The topological polar surface area (TPSA) is 53.5 Å². The molecule has 3 aromatic rings. The normalized spacial score (nSPS) is 14.7. The van der Waals surface area contributed by atoms with Crippen LogP contribution in [-0.2, 0) is 6.54 Å². The fourth-order valence-corrected chi connectivity index (χ4v) is 3.88. The number of aromatic nitrogens is 2. The third-order valence-corrected chi connectivity index (χ3v) is 5.54. The first kappa shape index (κ1) is 19.4. The molecule has 6 nitrogen and oxygen atoms in total. The highest BCUT2D eigenvalue weighted by molar-refractivity contribution is 7.71. The number of H-pyrrole nitrogens is 1. The molecule has 0 spiro atoms. The fraction of sp³-hybridized carbons (Fsp3) is 0.273. The maximum atomic E-state index is 13.1. The third-order valence-electron chi connectivity index (χ3n) is 5.23. The molecule has 7 heteroatoms. The van der Waals surface area contributed by atoms with Gasteiger partial charge in [0, 0.05) is 44.6 Å². The monoisotopic (exact) mass is 408 g/mol. The average molecular weight is 409 g/mol. The number of nitrogens with one attached hydrogen (secondary N) is 1. The second kappa shape index (κ2) is 8.63. The lowest BCUT2D eigenvalue weighted by molar-refractivity contribution is 0.0620. The number of methoxy groups -OCH3 is 1. The Kier molecular flexibility index (Phi) is 5.78. The number of ether oxygens (including phenoxy) is 1. The van der Waals surface area contributed by atoms with Gasteiger partial charge in [0.05, 0.1) is 7.11 Å². The molecule has 0 aliphatic carbocycles. The van der Waals surface area contributed by atoms with Crippen molar-refractivity contribution in [2.45, 2.75) is 6.54 Å². The Labute approximate surface area is 175 Å². The van der Waals surface area contributed by atoms with E-state index < -0.39 is 0 Å². The van der Waals surface area contributed by atoms with Gasteiger partial charge in [0.25, 0.3) is 5.91 Å². The van der Waals surface area contributed by atoms with Crippen LogP contribution in [0.1, 0.15) is 16.1 Å². The van der Waals surface area contributed by atoms with Crippen LogP contribution in [0, 0.1) is 4.77 Å². The van der Waals surface area contributed by atoms with Crippen molar-refractivity contribution in [3.05, 3.63) is 76.8 Å². The van der Waals surface area contributed by atoms with Gasteiger partial charge in [-0.3, -0.25) is 14.3 Å². The van der Waals surface area contributed by atoms with E-state index in [-0.39, 0.29) is 5.91 Å². The highest BCUT2D eigenvalue weighted by Crippen LogP contribution is 2.17. The summed E-state index contributed by atoms with van der Waals surface area (Å²) in [6, 6.07) is 17.9. The second-order valence-corrected chi connectivity index (χ2v) is 7.45. The molecule has 0 atom stereocenters. The highest BCUT2D eigenvalue weighted by Gasteiger charge is 2.25. The van der Waals surface area contributed by atoms with Gasteiger partial charge in [0.1, 0.15) is 11.4 Å². The minimum atomic E-state index is 0.00491. The number of piperazine rings is 1. The smallest absolute Gasteiger partial charge is 0.272 e. The largest absolute Gasteiger partial charge is 0.497 e. The van der Waals surface area contributed by atoms with Gasteiger partial charge in [-0.2, -0.15) is 0 Å². The van der Waals surface area contributed by atoms with Crippen LogP contribution in [0.25, 0.3) is 5.69 Å². The van der Waals surface area contributed by atoms with Crippen molar-refractivity contribution in [1.29, 1.82) is 0 Å². The zero-order valence-corrected chi connectivity index (χ0v) is 17.2. The molecule has 1 aromatic heterocycles. The van der Waals surface area contributed by atoms with Crippen LogP contribution in [0.5, 0.6) is 5.75 Å². The van der Waals surface area contributed by atoms with Crippen LogP contribution >= 0.6 is 12.2 Å². The first-order valence-corrected chi connectivity index (χ1v) is 10.1. The molecule has 150 valence electrons. The van der Waals surface area contributed by atoms with Crippen LogP contribution in [-0.4, -0.2) is 58.5 Å². The SMILES string of the molecule is COc1ccc(CN2CCN(C(=O)c3c[nH]c(=S)n3-c3ccccc3)CC2)cc1. The molecule has 0 saturated carbocycles. The van der Waals surface area contributed by atoms with Crippen LogP contribution in [0.3, 0.4) is 0 Å². The number of hydrogen-bond donors (Lipinski definition) is 1. The van der Waals surface area contributed by atoms with Crippen molar-refractivity contribution >= 4 is 18.1 Å². The number of amides is 1. The van der Waals surface area contributed by atoms with Crippen molar-refractivity contribution in [2.24, 2.45) is 0 Å². The quantitative estimate of drug-likeness (QED) is 0.657. The number of benzene rings is 2. The van der Waals surface area contributed by atoms with Gasteiger partial charge >= 0.3 is 0 Å². The number of aromatic amines is 1. The van der Waals surface area contributed by atoms with Crippen molar-refractivity contribution in [2.75, 3.05) is 33.3 Å². The second-order valence-electron chi connectivity index (χ2n) is 7.07. The number of nitrogens with zero attached hydrogens (tertiary/aromatic N) is 3. The summed E-state index contributed by atoms with van der Waals surface area (Å²) < 4.78 is 7.55. The summed E-state index contributed by atoms with van der Waals surface area (Å²) in [6.07, 6.45) is 1.71. The third kappa shape index (κ3) is 4.26. The average Bonchev–Trinajstić information content (AvgIpc) is 3.16. The lowest BCUT2D eigenvalue weighted by atomic mass is 10.2. The van der Waals surface area contributed by atoms with Crippen molar-refractivity contribution in [3.8, 4) is 11.4 Å². The molecule has 1 N–H and O–H groups in total. The van der Waals surface area contributed by atoms with Crippen LogP contribution in [0.15, 0.2) is 60.8 Å². The van der Waals surface area contributed by atoms with Crippen molar-refractivity contribution < 1.29 is 9.53 Å². The predicted octanol–water partition coefficient (Wildman–Crippen LogP) is 3.50. The summed E-state index contributed by atoms with van der Waals surface area (Å²) in [5, 5.41) is 0. The number of hydrogen-bond acceptors (Lipinski definition) is 4. The van der Waals surface area contributed by atoms with Gasteiger partial charge in [0.2, 0.25) is 0 Å². The maximum Gasteiger partial charge on any atom is 0.272 e. The molecule has 0 bridgehead atoms. The zero-order chi connectivity index (χ0) is 20.2. The molecule has 2 aromatic carbocycles. The first-order valence-electron chi connectivity index (χ1n) is 9.66. The van der Waals surface area contributed by atoms with Gasteiger partial charge in [-0.15, -0.1) is 0 Å². The van der Waals surface area contributed by atoms with E-state index in [1.165, 1.54) is 5.56 Å².